The second-order valence-corrected chi connectivity index (χ2v) is 6.88. The molecule has 7 heteroatoms. The van der Waals surface area contributed by atoms with E-state index in [2.05, 4.69) is 5.32 Å². The number of carbonyl (C=O) groups is 2. The molecule has 0 aromatic heterocycles. The molecule has 144 valence electrons. The van der Waals surface area contributed by atoms with Gasteiger partial charge in [0.25, 0.3) is 0 Å². The van der Waals surface area contributed by atoms with Crippen LogP contribution in [0.15, 0.2) is 48.5 Å². The number of halogens is 1. The third-order valence-electron chi connectivity index (χ3n) is 3.38. The van der Waals surface area contributed by atoms with Crippen LogP contribution in [0.1, 0.15) is 38.9 Å². The zero-order valence-corrected chi connectivity index (χ0v) is 15.4. The molecule has 27 heavy (non-hydrogen) atoms. The molecular formula is C20H22FNO5. The average Bonchev–Trinajstić information content (AvgIpc) is 2.55. The standard InChI is InChI=1S/C20H22FNO5/c1-20(2,3)27-19(25)22-15-11-14(21)9-10-16(15)26-17(12-18(23)24)13-7-5-4-6-8-13/h4-11,17H,12H2,1-3H3,(H,22,25)(H,23,24). The Labute approximate surface area is 156 Å². The van der Waals surface area contributed by atoms with Gasteiger partial charge in [-0.25, -0.2) is 9.18 Å². The lowest BCUT2D eigenvalue weighted by atomic mass is 10.1. The van der Waals surface area contributed by atoms with Crippen LogP contribution in [0, 0.1) is 5.82 Å². The van der Waals surface area contributed by atoms with Crippen molar-refractivity contribution in [2.24, 2.45) is 0 Å². The van der Waals surface area contributed by atoms with E-state index in [-0.39, 0.29) is 17.9 Å². The van der Waals surface area contributed by atoms with Crippen LogP contribution in [0.5, 0.6) is 5.75 Å². The number of rotatable bonds is 6. The Bertz CT molecular complexity index is 802. The van der Waals surface area contributed by atoms with E-state index in [1.807, 2.05) is 0 Å². The number of benzene rings is 2. The number of amides is 1. The number of hydrogen-bond donors (Lipinski definition) is 2. The van der Waals surface area contributed by atoms with Crippen molar-refractivity contribution < 1.29 is 28.6 Å². The highest BCUT2D eigenvalue weighted by Gasteiger charge is 2.21. The van der Waals surface area contributed by atoms with Crippen LogP contribution in [-0.4, -0.2) is 22.8 Å². The molecule has 2 aromatic rings. The summed E-state index contributed by atoms with van der Waals surface area (Å²) in [5, 5.41) is 11.6. The van der Waals surface area contributed by atoms with Crippen LogP contribution >= 0.6 is 0 Å². The fourth-order valence-corrected chi connectivity index (χ4v) is 2.32. The first-order valence-electron chi connectivity index (χ1n) is 8.37. The van der Waals surface area contributed by atoms with Crippen molar-refractivity contribution in [3.8, 4) is 5.75 Å². The SMILES string of the molecule is CC(C)(C)OC(=O)Nc1cc(F)ccc1OC(CC(=O)O)c1ccccc1. The summed E-state index contributed by atoms with van der Waals surface area (Å²) in [5.74, 6) is -1.49. The van der Waals surface area contributed by atoms with E-state index >= 15 is 0 Å². The first-order chi connectivity index (χ1) is 12.6. The molecule has 1 atom stereocenters. The number of carboxylic acid groups (broad SMARTS) is 1. The van der Waals surface area contributed by atoms with E-state index < -0.39 is 29.6 Å². The summed E-state index contributed by atoms with van der Waals surface area (Å²) < 4.78 is 24.6. The summed E-state index contributed by atoms with van der Waals surface area (Å²) in [6, 6.07) is 12.4. The largest absolute Gasteiger partial charge is 0.483 e. The molecule has 2 N–H and O–H groups in total. The molecule has 6 nitrogen and oxygen atoms in total. The van der Waals surface area contributed by atoms with Gasteiger partial charge in [0.1, 0.15) is 23.3 Å². The maximum Gasteiger partial charge on any atom is 0.412 e. The number of ether oxygens (including phenoxy) is 2. The van der Waals surface area contributed by atoms with E-state index in [9.17, 15) is 19.1 Å². The highest BCUT2D eigenvalue weighted by atomic mass is 19.1. The molecule has 0 saturated carbocycles. The van der Waals surface area contributed by atoms with Gasteiger partial charge in [0, 0.05) is 6.07 Å². The van der Waals surface area contributed by atoms with Crippen LogP contribution in [0.4, 0.5) is 14.9 Å². The predicted octanol–water partition coefficient (Wildman–Crippen LogP) is 4.77. The van der Waals surface area contributed by atoms with Crippen LogP contribution in [0.25, 0.3) is 0 Å². The van der Waals surface area contributed by atoms with E-state index in [0.29, 0.717) is 5.56 Å². The predicted molar refractivity (Wildman–Crippen MR) is 98.3 cm³/mol. The molecule has 2 aromatic carbocycles. The van der Waals surface area contributed by atoms with Gasteiger partial charge in [0.05, 0.1) is 12.1 Å². The lowest BCUT2D eigenvalue weighted by Crippen LogP contribution is -2.27. The normalized spacial score (nSPS) is 12.1. The van der Waals surface area contributed by atoms with E-state index in [1.165, 1.54) is 12.1 Å². The summed E-state index contributed by atoms with van der Waals surface area (Å²) in [5.41, 5.74) is -0.0306. The Morgan fingerprint density at radius 2 is 1.81 bits per heavy atom. The number of nitrogens with one attached hydrogen (secondary N) is 1. The summed E-state index contributed by atoms with van der Waals surface area (Å²) in [6.07, 6.45) is -1.88. The van der Waals surface area contributed by atoms with Crippen molar-refractivity contribution >= 4 is 17.7 Å². The van der Waals surface area contributed by atoms with Crippen molar-refractivity contribution in [2.75, 3.05) is 5.32 Å². The Balaban J connectivity index is 2.28. The quantitative estimate of drug-likeness (QED) is 0.760. The van der Waals surface area contributed by atoms with Crippen molar-refractivity contribution in [1.29, 1.82) is 0 Å². The van der Waals surface area contributed by atoms with E-state index in [4.69, 9.17) is 9.47 Å². The van der Waals surface area contributed by atoms with Crippen molar-refractivity contribution in [3.05, 3.63) is 59.9 Å². The highest BCUT2D eigenvalue weighted by molar-refractivity contribution is 5.87. The molecule has 0 fully saturated rings. The average molecular weight is 375 g/mol. The third kappa shape index (κ3) is 6.62. The summed E-state index contributed by atoms with van der Waals surface area (Å²) >= 11 is 0. The van der Waals surface area contributed by atoms with Crippen LogP contribution in [-0.2, 0) is 9.53 Å². The number of hydrogen-bond acceptors (Lipinski definition) is 4. The van der Waals surface area contributed by atoms with Crippen molar-refractivity contribution in [3.63, 3.8) is 0 Å². The Morgan fingerprint density at radius 3 is 2.41 bits per heavy atom. The highest BCUT2D eigenvalue weighted by Crippen LogP contribution is 2.32. The third-order valence-corrected chi connectivity index (χ3v) is 3.38. The molecule has 0 radical (unpaired) electrons. The van der Waals surface area contributed by atoms with E-state index in [0.717, 1.165) is 6.07 Å². The maximum absolute atomic E-state index is 13.7. The molecule has 2 rings (SSSR count). The second kappa shape index (κ2) is 8.53. The molecule has 1 amide bonds. The van der Waals surface area contributed by atoms with Gasteiger partial charge in [-0.1, -0.05) is 30.3 Å². The fraction of sp³-hybridized carbons (Fsp3) is 0.300. The van der Waals surface area contributed by atoms with Gasteiger partial charge in [-0.15, -0.1) is 0 Å². The molecule has 0 spiro atoms. The van der Waals surface area contributed by atoms with Crippen LogP contribution in [0.3, 0.4) is 0 Å². The minimum Gasteiger partial charge on any atom is -0.483 e. The summed E-state index contributed by atoms with van der Waals surface area (Å²) in [7, 11) is 0. The van der Waals surface area contributed by atoms with Crippen molar-refractivity contribution in [2.45, 2.75) is 38.9 Å². The zero-order chi connectivity index (χ0) is 20.0. The zero-order valence-electron chi connectivity index (χ0n) is 15.4. The van der Waals surface area contributed by atoms with Crippen molar-refractivity contribution in [1.82, 2.24) is 0 Å². The topological polar surface area (TPSA) is 84.9 Å². The molecule has 1 unspecified atom stereocenters. The smallest absolute Gasteiger partial charge is 0.412 e. The van der Waals surface area contributed by atoms with Gasteiger partial charge in [0.15, 0.2) is 0 Å². The minimum atomic E-state index is -1.05. The Morgan fingerprint density at radius 1 is 1.15 bits per heavy atom. The molecule has 0 aliphatic rings. The van der Waals surface area contributed by atoms with Gasteiger partial charge in [-0.05, 0) is 38.5 Å². The number of anilines is 1. The minimum absolute atomic E-state index is 0.0515. The lowest BCUT2D eigenvalue weighted by molar-refractivity contribution is -0.138. The summed E-state index contributed by atoms with van der Waals surface area (Å²) in [4.78, 5) is 23.2. The first-order valence-corrected chi connectivity index (χ1v) is 8.37. The van der Waals surface area contributed by atoms with Gasteiger partial charge < -0.3 is 14.6 Å². The monoisotopic (exact) mass is 375 g/mol. The van der Waals surface area contributed by atoms with Gasteiger partial charge >= 0.3 is 12.1 Å². The molecule has 0 bridgehead atoms. The van der Waals surface area contributed by atoms with Gasteiger partial charge in [-0.2, -0.15) is 0 Å². The number of carboxylic acids is 1. The Kier molecular flexibility index (Phi) is 6.39. The second-order valence-electron chi connectivity index (χ2n) is 6.88. The Hall–Kier alpha value is -3.09. The molecular weight excluding hydrogens is 353 g/mol. The van der Waals surface area contributed by atoms with Gasteiger partial charge in [-0.3, -0.25) is 10.1 Å². The van der Waals surface area contributed by atoms with Crippen LogP contribution in [0.2, 0.25) is 0 Å². The number of carbonyl (C=O) groups excluding carboxylic acids is 1. The molecule has 0 aliphatic heterocycles. The maximum atomic E-state index is 13.7. The van der Waals surface area contributed by atoms with Crippen LogP contribution < -0.4 is 10.1 Å². The van der Waals surface area contributed by atoms with E-state index in [1.54, 1.807) is 51.1 Å². The first kappa shape index (κ1) is 20.2. The number of aliphatic carboxylic acids is 1. The molecule has 0 aliphatic carbocycles. The molecule has 0 saturated heterocycles. The molecule has 0 heterocycles. The fourth-order valence-electron chi connectivity index (χ4n) is 2.32. The summed E-state index contributed by atoms with van der Waals surface area (Å²) in [6.45, 7) is 5.11. The van der Waals surface area contributed by atoms with Gasteiger partial charge in [0.2, 0.25) is 0 Å². The lowest BCUT2D eigenvalue weighted by Gasteiger charge is -2.22.